The lowest BCUT2D eigenvalue weighted by molar-refractivity contribution is 0.0606. The third-order valence-corrected chi connectivity index (χ3v) is 7.80. The van der Waals surface area contributed by atoms with E-state index >= 15 is 0 Å². The first kappa shape index (κ1) is 16.1. The molecule has 1 aromatic heterocycles. The van der Waals surface area contributed by atoms with Crippen molar-refractivity contribution in [3.05, 3.63) is 53.3 Å². The van der Waals surface area contributed by atoms with Gasteiger partial charge in [0.2, 0.25) is 0 Å². The summed E-state index contributed by atoms with van der Waals surface area (Å²) in [4.78, 5) is 15.0. The summed E-state index contributed by atoms with van der Waals surface area (Å²) in [5.74, 6) is 2.57. The van der Waals surface area contributed by atoms with E-state index in [0.29, 0.717) is 4.58 Å². The van der Waals surface area contributed by atoms with Gasteiger partial charge in [-0.1, -0.05) is 12.1 Å². The highest BCUT2D eigenvalue weighted by Gasteiger charge is 2.29. The van der Waals surface area contributed by atoms with Gasteiger partial charge in [-0.15, -0.1) is 23.5 Å². The van der Waals surface area contributed by atoms with Crippen molar-refractivity contribution < 1.29 is 4.79 Å². The summed E-state index contributed by atoms with van der Waals surface area (Å²) in [7, 11) is 0. The van der Waals surface area contributed by atoms with Crippen LogP contribution in [0.2, 0.25) is 0 Å². The molecule has 0 aliphatic carbocycles. The molecule has 2 aliphatic heterocycles. The first-order valence-corrected chi connectivity index (χ1v) is 10.6. The van der Waals surface area contributed by atoms with Gasteiger partial charge in [0, 0.05) is 29.8 Å². The first-order chi connectivity index (χ1) is 11.8. The van der Waals surface area contributed by atoms with Crippen LogP contribution in [0.25, 0.3) is 0 Å². The van der Waals surface area contributed by atoms with Gasteiger partial charge in [-0.2, -0.15) is 5.10 Å². The Morgan fingerprint density at radius 2 is 1.92 bits per heavy atom. The first-order valence-electron chi connectivity index (χ1n) is 8.46. The van der Waals surface area contributed by atoms with Crippen LogP contribution in [0.4, 0.5) is 0 Å². The van der Waals surface area contributed by atoms with E-state index in [1.807, 2.05) is 46.6 Å². The van der Waals surface area contributed by atoms with Crippen LogP contribution in [-0.4, -0.2) is 39.1 Å². The summed E-state index contributed by atoms with van der Waals surface area (Å²) in [5.41, 5.74) is 3.15. The Morgan fingerprint density at radius 3 is 2.62 bits per heavy atom. The number of aromatic nitrogens is 2. The average molecular weight is 360 g/mol. The van der Waals surface area contributed by atoms with Crippen LogP contribution in [0, 0.1) is 0 Å². The van der Waals surface area contributed by atoms with Crippen LogP contribution in [0.1, 0.15) is 51.5 Å². The van der Waals surface area contributed by atoms with Crippen LogP contribution in [0.3, 0.4) is 0 Å². The molecular formula is C18H21N3OS2. The van der Waals surface area contributed by atoms with Crippen molar-refractivity contribution in [3.8, 4) is 0 Å². The fourth-order valence-corrected chi connectivity index (χ4v) is 6.31. The molecule has 4 nitrogen and oxygen atoms in total. The van der Waals surface area contributed by atoms with Crippen molar-refractivity contribution in [1.29, 1.82) is 0 Å². The molecule has 1 unspecified atom stereocenters. The predicted octanol–water partition coefficient (Wildman–Crippen LogP) is 4.26. The average Bonchev–Trinajstić information content (AvgIpc) is 3.35. The molecule has 2 saturated heterocycles. The van der Waals surface area contributed by atoms with Crippen molar-refractivity contribution in [2.24, 2.45) is 0 Å². The second kappa shape index (κ2) is 7.23. The summed E-state index contributed by atoms with van der Waals surface area (Å²) in [6.45, 7) is 0.818. The number of hydrogen-bond donors (Lipinski definition) is 1. The molecule has 0 bridgehead atoms. The topological polar surface area (TPSA) is 49.0 Å². The number of aromatic amines is 1. The zero-order valence-corrected chi connectivity index (χ0v) is 15.1. The summed E-state index contributed by atoms with van der Waals surface area (Å²) < 4.78 is 0.530. The number of nitrogens with one attached hydrogen (secondary N) is 1. The minimum absolute atomic E-state index is 0.120. The van der Waals surface area contributed by atoms with Crippen molar-refractivity contribution in [1.82, 2.24) is 15.1 Å². The van der Waals surface area contributed by atoms with Crippen LogP contribution in [-0.2, 0) is 0 Å². The Labute approximate surface area is 150 Å². The van der Waals surface area contributed by atoms with E-state index < -0.39 is 0 Å². The molecule has 1 atom stereocenters. The summed E-state index contributed by atoms with van der Waals surface area (Å²) >= 11 is 3.99. The van der Waals surface area contributed by atoms with Gasteiger partial charge in [0.05, 0.1) is 16.3 Å². The number of nitrogens with zero attached hydrogens (tertiary/aromatic N) is 2. The van der Waals surface area contributed by atoms with E-state index in [0.717, 1.165) is 37.1 Å². The van der Waals surface area contributed by atoms with E-state index in [4.69, 9.17) is 0 Å². The molecule has 6 heteroatoms. The number of likely N-dealkylation sites (tertiary alicyclic amines) is 1. The van der Waals surface area contributed by atoms with Crippen LogP contribution < -0.4 is 0 Å². The number of rotatable bonds is 3. The van der Waals surface area contributed by atoms with Gasteiger partial charge in [0.1, 0.15) is 0 Å². The molecule has 0 spiro atoms. The summed E-state index contributed by atoms with van der Waals surface area (Å²) in [6.07, 6.45) is 4.99. The Bertz CT molecular complexity index is 681. The molecule has 2 aromatic rings. The lowest BCUT2D eigenvalue weighted by Crippen LogP contribution is -2.38. The van der Waals surface area contributed by atoms with E-state index in [1.54, 1.807) is 6.20 Å². The quantitative estimate of drug-likeness (QED) is 0.890. The highest BCUT2D eigenvalue weighted by atomic mass is 32.2. The Morgan fingerprint density at radius 1 is 1.12 bits per heavy atom. The lowest BCUT2D eigenvalue weighted by atomic mass is 9.98. The SMILES string of the molecule is O=C(c1ccc(C2SCCS2)cc1)N1CCCCC1c1ccn[nH]1. The number of piperidine rings is 1. The smallest absolute Gasteiger partial charge is 0.254 e. The van der Waals surface area contributed by atoms with Crippen LogP contribution >= 0.6 is 23.5 Å². The van der Waals surface area contributed by atoms with E-state index in [9.17, 15) is 4.79 Å². The van der Waals surface area contributed by atoms with Crippen molar-refractivity contribution in [2.75, 3.05) is 18.1 Å². The molecule has 2 fully saturated rings. The lowest BCUT2D eigenvalue weighted by Gasteiger charge is -2.35. The van der Waals surface area contributed by atoms with Gasteiger partial charge >= 0.3 is 0 Å². The number of amides is 1. The number of benzene rings is 1. The summed E-state index contributed by atoms with van der Waals surface area (Å²) in [5, 5.41) is 7.09. The molecule has 1 aromatic carbocycles. The fourth-order valence-electron chi connectivity index (χ4n) is 3.45. The minimum Gasteiger partial charge on any atom is -0.330 e. The molecule has 24 heavy (non-hydrogen) atoms. The van der Waals surface area contributed by atoms with Gasteiger partial charge in [0.25, 0.3) is 5.91 Å². The monoisotopic (exact) mass is 359 g/mol. The largest absolute Gasteiger partial charge is 0.330 e. The van der Waals surface area contributed by atoms with Crippen LogP contribution in [0.5, 0.6) is 0 Å². The Balaban J connectivity index is 1.53. The minimum atomic E-state index is 0.120. The number of carbonyl (C=O) groups is 1. The molecular weight excluding hydrogens is 338 g/mol. The summed E-state index contributed by atoms with van der Waals surface area (Å²) in [6, 6.07) is 10.3. The maximum Gasteiger partial charge on any atom is 0.254 e. The molecule has 0 saturated carbocycles. The molecule has 2 aliphatic rings. The van der Waals surface area contributed by atoms with Crippen LogP contribution in [0.15, 0.2) is 36.5 Å². The number of thioether (sulfide) groups is 2. The molecule has 3 heterocycles. The van der Waals surface area contributed by atoms with E-state index in [2.05, 4.69) is 22.3 Å². The molecule has 4 rings (SSSR count). The normalized spacial score (nSPS) is 22.0. The fraction of sp³-hybridized carbons (Fsp3) is 0.444. The van der Waals surface area contributed by atoms with Gasteiger partial charge < -0.3 is 4.90 Å². The van der Waals surface area contributed by atoms with Gasteiger partial charge in [-0.25, -0.2) is 0 Å². The molecule has 1 amide bonds. The van der Waals surface area contributed by atoms with Crippen molar-refractivity contribution in [2.45, 2.75) is 29.9 Å². The molecule has 0 radical (unpaired) electrons. The highest BCUT2D eigenvalue weighted by molar-refractivity contribution is 8.19. The van der Waals surface area contributed by atoms with Crippen molar-refractivity contribution >= 4 is 29.4 Å². The molecule has 126 valence electrons. The number of H-pyrrole nitrogens is 1. The molecule has 1 N–H and O–H groups in total. The zero-order valence-electron chi connectivity index (χ0n) is 13.5. The van der Waals surface area contributed by atoms with Crippen molar-refractivity contribution in [3.63, 3.8) is 0 Å². The van der Waals surface area contributed by atoms with Gasteiger partial charge in [0.15, 0.2) is 0 Å². The highest BCUT2D eigenvalue weighted by Crippen LogP contribution is 2.45. The predicted molar refractivity (Wildman–Crippen MR) is 100 cm³/mol. The second-order valence-corrected chi connectivity index (χ2v) is 8.94. The maximum atomic E-state index is 13.0. The van der Waals surface area contributed by atoms with Gasteiger partial charge in [-0.05, 0) is 43.0 Å². The number of hydrogen-bond acceptors (Lipinski definition) is 4. The zero-order chi connectivity index (χ0) is 16.4. The Kier molecular flexibility index (Phi) is 4.85. The van der Waals surface area contributed by atoms with E-state index in [-0.39, 0.29) is 11.9 Å². The second-order valence-electron chi connectivity index (χ2n) is 6.22. The number of carbonyl (C=O) groups excluding carboxylic acids is 1. The maximum absolute atomic E-state index is 13.0. The Hall–Kier alpha value is -1.40. The van der Waals surface area contributed by atoms with E-state index in [1.165, 1.54) is 17.1 Å². The third-order valence-electron chi connectivity index (χ3n) is 4.70. The standard InChI is InChI=1S/C18H21N3OS2/c22-17(13-4-6-14(7-5-13)18-23-11-12-24-18)21-10-2-1-3-16(21)15-8-9-19-20-15/h4-9,16,18H,1-3,10-12H2,(H,19,20). The third kappa shape index (κ3) is 3.22. The van der Waals surface area contributed by atoms with Gasteiger partial charge in [-0.3, -0.25) is 9.89 Å².